The first-order valence-corrected chi connectivity index (χ1v) is 5.05. The SMILES string of the molecule is COc1ccc(C(CC(F)(F)F)NN)c(C)c1. The molecule has 1 aromatic rings. The summed E-state index contributed by atoms with van der Waals surface area (Å²) in [6, 6.07) is 3.93. The lowest BCUT2D eigenvalue weighted by molar-refractivity contribution is -0.140. The van der Waals surface area contributed by atoms with E-state index in [4.69, 9.17) is 10.6 Å². The van der Waals surface area contributed by atoms with E-state index in [0.29, 0.717) is 16.9 Å². The summed E-state index contributed by atoms with van der Waals surface area (Å²) < 4.78 is 42.0. The van der Waals surface area contributed by atoms with Gasteiger partial charge in [0.25, 0.3) is 0 Å². The Morgan fingerprint density at radius 3 is 2.47 bits per heavy atom. The molecule has 1 rings (SSSR count). The standard InChI is InChI=1S/C11H15F3N2O/c1-7-5-8(17-2)3-4-9(7)10(16-15)6-11(12,13)14/h3-5,10,16H,6,15H2,1-2H3. The second kappa shape index (κ2) is 5.37. The summed E-state index contributed by atoms with van der Waals surface area (Å²) in [7, 11) is 1.50. The van der Waals surface area contributed by atoms with Crippen LogP contribution in [0.1, 0.15) is 23.6 Å². The molecule has 1 unspecified atom stereocenters. The number of hydrogen-bond acceptors (Lipinski definition) is 3. The van der Waals surface area contributed by atoms with Crippen molar-refractivity contribution < 1.29 is 17.9 Å². The molecule has 0 spiro atoms. The molecular weight excluding hydrogens is 233 g/mol. The van der Waals surface area contributed by atoms with Crippen molar-refractivity contribution in [1.29, 1.82) is 0 Å². The van der Waals surface area contributed by atoms with Gasteiger partial charge in [0, 0.05) is 0 Å². The van der Waals surface area contributed by atoms with Crippen molar-refractivity contribution >= 4 is 0 Å². The summed E-state index contributed by atoms with van der Waals surface area (Å²) >= 11 is 0. The first-order valence-electron chi connectivity index (χ1n) is 5.05. The molecule has 0 aliphatic heterocycles. The fourth-order valence-electron chi connectivity index (χ4n) is 1.66. The number of hydrogen-bond donors (Lipinski definition) is 2. The van der Waals surface area contributed by atoms with E-state index in [-0.39, 0.29) is 0 Å². The molecule has 0 aliphatic rings. The fourth-order valence-corrected chi connectivity index (χ4v) is 1.66. The van der Waals surface area contributed by atoms with Crippen molar-refractivity contribution in [2.75, 3.05) is 7.11 Å². The second-order valence-electron chi connectivity index (χ2n) is 3.76. The highest BCUT2D eigenvalue weighted by Crippen LogP contribution is 2.31. The largest absolute Gasteiger partial charge is 0.497 e. The van der Waals surface area contributed by atoms with Gasteiger partial charge in [-0.15, -0.1) is 0 Å². The number of rotatable bonds is 4. The maximum Gasteiger partial charge on any atom is 0.390 e. The summed E-state index contributed by atoms with van der Waals surface area (Å²) in [6.07, 6.45) is -5.26. The molecule has 0 radical (unpaired) electrons. The summed E-state index contributed by atoms with van der Waals surface area (Å²) in [5.74, 6) is 5.78. The molecule has 6 heteroatoms. The van der Waals surface area contributed by atoms with Crippen LogP contribution in [0.5, 0.6) is 5.75 Å². The Morgan fingerprint density at radius 1 is 1.41 bits per heavy atom. The minimum atomic E-state index is -4.26. The molecule has 1 atom stereocenters. The van der Waals surface area contributed by atoms with Gasteiger partial charge in [-0.2, -0.15) is 13.2 Å². The van der Waals surface area contributed by atoms with Crippen LogP contribution in [0.15, 0.2) is 18.2 Å². The summed E-state index contributed by atoms with van der Waals surface area (Å²) in [5, 5.41) is 0. The number of ether oxygens (including phenoxy) is 1. The smallest absolute Gasteiger partial charge is 0.390 e. The topological polar surface area (TPSA) is 47.3 Å². The van der Waals surface area contributed by atoms with E-state index >= 15 is 0 Å². The lowest BCUT2D eigenvalue weighted by Crippen LogP contribution is -2.32. The van der Waals surface area contributed by atoms with Crippen molar-refractivity contribution in [3.8, 4) is 5.75 Å². The third-order valence-electron chi connectivity index (χ3n) is 2.49. The van der Waals surface area contributed by atoms with Crippen LogP contribution in [0.2, 0.25) is 0 Å². The van der Waals surface area contributed by atoms with E-state index in [2.05, 4.69) is 5.43 Å². The van der Waals surface area contributed by atoms with E-state index in [1.54, 1.807) is 25.1 Å². The predicted molar refractivity (Wildman–Crippen MR) is 58.5 cm³/mol. The zero-order valence-electron chi connectivity index (χ0n) is 9.64. The van der Waals surface area contributed by atoms with Gasteiger partial charge in [0.1, 0.15) is 5.75 Å². The van der Waals surface area contributed by atoms with Crippen molar-refractivity contribution in [2.24, 2.45) is 5.84 Å². The molecule has 3 nitrogen and oxygen atoms in total. The minimum absolute atomic E-state index is 0.519. The molecular formula is C11H15F3N2O. The monoisotopic (exact) mass is 248 g/mol. The highest BCUT2D eigenvalue weighted by Gasteiger charge is 2.32. The third-order valence-corrected chi connectivity index (χ3v) is 2.49. The van der Waals surface area contributed by atoms with Crippen LogP contribution < -0.4 is 16.0 Å². The highest BCUT2D eigenvalue weighted by molar-refractivity contribution is 5.36. The summed E-state index contributed by atoms with van der Waals surface area (Å²) in [5.41, 5.74) is 3.42. The molecule has 0 heterocycles. The van der Waals surface area contributed by atoms with Crippen molar-refractivity contribution in [2.45, 2.75) is 25.6 Å². The van der Waals surface area contributed by atoms with E-state index in [1.165, 1.54) is 7.11 Å². The number of nitrogens with one attached hydrogen (secondary N) is 1. The Bertz CT molecular complexity index is 379. The van der Waals surface area contributed by atoms with Crippen molar-refractivity contribution in [1.82, 2.24) is 5.43 Å². The fraction of sp³-hybridized carbons (Fsp3) is 0.455. The van der Waals surface area contributed by atoms with Crippen LogP contribution in [-0.2, 0) is 0 Å². The van der Waals surface area contributed by atoms with E-state index in [0.717, 1.165) is 0 Å². The molecule has 0 bridgehead atoms. The molecule has 0 saturated carbocycles. The van der Waals surface area contributed by atoms with E-state index in [9.17, 15) is 13.2 Å². The normalized spacial score (nSPS) is 13.5. The Morgan fingerprint density at radius 2 is 2.06 bits per heavy atom. The average Bonchev–Trinajstić information content (AvgIpc) is 2.24. The van der Waals surface area contributed by atoms with Crippen molar-refractivity contribution in [3.05, 3.63) is 29.3 Å². The lowest BCUT2D eigenvalue weighted by Gasteiger charge is -2.20. The van der Waals surface area contributed by atoms with Gasteiger partial charge in [0.05, 0.1) is 19.6 Å². The van der Waals surface area contributed by atoms with Gasteiger partial charge < -0.3 is 4.74 Å². The summed E-state index contributed by atoms with van der Waals surface area (Å²) in [6.45, 7) is 1.72. The van der Waals surface area contributed by atoms with Gasteiger partial charge in [-0.05, 0) is 30.2 Å². The number of benzene rings is 1. The number of nitrogens with two attached hydrogens (primary N) is 1. The first-order chi connectivity index (χ1) is 7.87. The van der Waals surface area contributed by atoms with Crippen LogP contribution in [-0.4, -0.2) is 13.3 Å². The summed E-state index contributed by atoms with van der Waals surface area (Å²) in [4.78, 5) is 0. The number of methoxy groups -OCH3 is 1. The molecule has 1 aromatic carbocycles. The molecule has 0 aliphatic carbocycles. The van der Waals surface area contributed by atoms with Crippen LogP contribution in [0.3, 0.4) is 0 Å². The maximum absolute atomic E-state index is 12.3. The Labute approximate surface area is 97.7 Å². The molecule has 0 aromatic heterocycles. The van der Waals surface area contributed by atoms with Crippen LogP contribution in [0, 0.1) is 6.92 Å². The van der Waals surface area contributed by atoms with Crippen LogP contribution in [0.4, 0.5) is 13.2 Å². The molecule has 96 valence electrons. The molecule has 0 saturated heterocycles. The van der Waals surface area contributed by atoms with Crippen LogP contribution in [0.25, 0.3) is 0 Å². The van der Waals surface area contributed by atoms with Gasteiger partial charge in [0.15, 0.2) is 0 Å². The molecule has 17 heavy (non-hydrogen) atoms. The highest BCUT2D eigenvalue weighted by atomic mass is 19.4. The zero-order valence-corrected chi connectivity index (χ0v) is 9.64. The van der Waals surface area contributed by atoms with Gasteiger partial charge in [-0.25, -0.2) is 0 Å². The Kier molecular flexibility index (Phi) is 4.36. The molecule has 0 fully saturated rings. The molecule has 0 amide bonds. The number of aryl methyl sites for hydroxylation is 1. The number of hydrazine groups is 1. The lowest BCUT2D eigenvalue weighted by atomic mass is 9.99. The maximum atomic E-state index is 12.3. The third kappa shape index (κ3) is 3.90. The van der Waals surface area contributed by atoms with Crippen LogP contribution >= 0.6 is 0 Å². The first kappa shape index (κ1) is 13.8. The number of alkyl halides is 3. The van der Waals surface area contributed by atoms with Gasteiger partial charge in [-0.1, -0.05) is 6.07 Å². The zero-order chi connectivity index (χ0) is 13.1. The van der Waals surface area contributed by atoms with Gasteiger partial charge in [0.2, 0.25) is 0 Å². The van der Waals surface area contributed by atoms with Gasteiger partial charge in [-0.3, -0.25) is 11.3 Å². The minimum Gasteiger partial charge on any atom is -0.497 e. The Balaban J connectivity index is 2.96. The average molecular weight is 248 g/mol. The van der Waals surface area contributed by atoms with Gasteiger partial charge >= 0.3 is 6.18 Å². The van der Waals surface area contributed by atoms with Crippen molar-refractivity contribution in [3.63, 3.8) is 0 Å². The quantitative estimate of drug-likeness (QED) is 0.635. The van der Waals surface area contributed by atoms with E-state index < -0.39 is 18.6 Å². The predicted octanol–water partition coefficient (Wildman–Crippen LogP) is 2.46. The van der Waals surface area contributed by atoms with E-state index in [1.807, 2.05) is 0 Å². The molecule has 3 N–H and O–H groups in total. The number of halogens is 3. The Hall–Kier alpha value is -1.27. The second-order valence-corrected chi connectivity index (χ2v) is 3.76.